The lowest BCUT2D eigenvalue weighted by molar-refractivity contribution is -0.122. The van der Waals surface area contributed by atoms with Gasteiger partial charge in [-0.2, -0.15) is 0 Å². The zero-order valence-corrected chi connectivity index (χ0v) is 18.4. The molecule has 0 saturated heterocycles. The van der Waals surface area contributed by atoms with E-state index in [1.165, 1.54) is 18.3 Å². The standard InChI is InChI=1S/C25H25F2N5O2/c26-17-12-24(13-17,22-18(27)5-2-10-29-22)14-30-20-7-6-19(31-32-20)15-3-1-4-16(11-15)21(23(28)33)25(34)8-9-25/h1-7,10-11,17,21,34H,8-9,12-14H2,(H2,28,33)(H,30,32). The van der Waals surface area contributed by atoms with Gasteiger partial charge in [0.15, 0.2) is 0 Å². The van der Waals surface area contributed by atoms with Gasteiger partial charge in [0.1, 0.15) is 17.8 Å². The molecule has 0 aliphatic heterocycles. The van der Waals surface area contributed by atoms with Gasteiger partial charge >= 0.3 is 0 Å². The fraction of sp³-hybridized carbons (Fsp3) is 0.360. The molecule has 7 nitrogen and oxygen atoms in total. The lowest BCUT2D eigenvalue weighted by Gasteiger charge is -2.44. The number of nitrogens with zero attached hydrogens (tertiary/aromatic N) is 3. The Balaban J connectivity index is 1.32. The van der Waals surface area contributed by atoms with E-state index in [0.717, 1.165) is 5.56 Å². The lowest BCUT2D eigenvalue weighted by Crippen LogP contribution is -2.49. The number of carbonyl (C=O) groups excluding carboxylic acids is 1. The zero-order chi connectivity index (χ0) is 23.9. The van der Waals surface area contributed by atoms with Gasteiger partial charge in [-0.15, -0.1) is 10.2 Å². The number of hydrogen-bond acceptors (Lipinski definition) is 6. The number of nitrogens with two attached hydrogens (primary N) is 1. The van der Waals surface area contributed by atoms with Gasteiger partial charge in [0.25, 0.3) is 0 Å². The molecule has 5 rings (SSSR count). The molecule has 176 valence electrons. The third kappa shape index (κ3) is 4.11. The van der Waals surface area contributed by atoms with Crippen molar-refractivity contribution in [3.05, 3.63) is 71.8 Å². The van der Waals surface area contributed by atoms with Gasteiger partial charge in [-0.25, -0.2) is 8.78 Å². The monoisotopic (exact) mass is 465 g/mol. The van der Waals surface area contributed by atoms with Gasteiger partial charge in [0.05, 0.1) is 22.9 Å². The van der Waals surface area contributed by atoms with Crippen molar-refractivity contribution in [2.45, 2.75) is 48.8 Å². The Morgan fingerprint density at radius 1 is 1.18 bits per heavy atom. The number of primary amides is 1. The second-order valence-electron chi connectivity index (χ2n) is 9.34. The van der Waals surface area contributed by atoms with Crippen LogP contribution in [-0.2, 0) is 10.2 Å². The molecule has 2 aliphatic carbocycles. The fourth-order valence-electron chi connectivity index (χ4n) is 4.86. The van der Waals surface area contributed by atoms with Crippen molar-refractivity contribution in [1.29, 1.82) is 0 Å². The number of aromatic nitrogens is 3. The summed E-state index contributed by atoms with van der Waals surface area (Å²) in [4.78, 5) is 16.1. The average Bonchev–Trinajstić information content (AvgIpc) is 3.54. The number of nitrogens with one attached hydrogen (secondary N) is 1. The summed E-state index contributed by atoms with van der Waals surface area (Å²) in [5.41, 5.74) is 5.97. The first-order valence-electron chi connectivity index (χ1n) is 11.2. The Hall–Kier alpha value is -3.46. The third-order valence-corrected chi connectivity index (χ3v) is 6.86. The van der Waals surface area contributed by atoms with Gasteiger partial charge in [0.2, 0.25) is 5.91 Å². The van der Waals surface area contributed by atoms with Crippen molar-refractivity contribution in [2.75, 3.05) is 11.9 Å². The van der Waals surface area contributed by atoms with Gasteiger partial charge in [0, 0.05) is 23.7 Å². The number of benzene rings is 1. The average molecular weight is 466 g/mol. The Labute approximate surface area is 195 Å². The normalized spacial score (nSPS) is 23.6. The van der Waals surface area contributed by atoms with Crippen molar-refractivity contribution in [1.82, 2.24) is 15.2 Å². The Morgan fingerprint density at radius 3 is 2.59 bits per heavy atom. The maximum Gasteiger partial charge on any atom is 0.227 e. The minimum absolute atomic E-state index is 0.194. The lowest BCUT2D eigenvalue weighted by atomic mass is 9.65. The molecule has 1 unspecified atom stereocenters. The molecular weight excluding hydrogens is 440 g/mol. The van der Waals surface area contributed by atoms with Crippen LogP contribution in [0, 0.1) is 5.82 Å². The summed E-state index contributed by atoms with van der Waals surface area (Å²) in [6.45, 7) is 0.281. The molecule has 0 radical (unpaired) electrons. The number of pyridine rings is 1. The van der Waals surface area contributed by atoms with Crippen molar-refractivity contribution in [3.63, 3.8) is 0 Å². The SMILES string of the molecule is NC(=O)C(c1cccc(-c2ccc(NCC3(c4ncccc4F)CC(F)C3)nn2)c1)C1(O)CC1. The fourth-order valence-corrected chi connectivity index (χ4v) is 4.86. The topological polar surface area (TPSA) is 114 Å². The molecule has 2 aliphatic rings. The summed E-state index contributed by atoms with van der Waals surface area (Å²) in [6.07, 6.45) is 2.00. The Bertz CT molecular complexity index is 1210. The first-order valence-corrected chi connectivity index (χ1v) is 11.2. The van der Waals surface area contributed by atoms with Crippen LogP contribution in [0.5, 0.6) is 0 Å². The predicted octanol–water partition coefficient (Wildman–Crippen LogP) is 3.25. The van der Waals surface area contributed by atoms with Crippen LogP contribution in [-0.4, -0.2) is 44.5 Å². The van der Waals surface area contributed by atoms with Gasteiger partial charge in [-0.1, -0.05) is 18.2 Å². The molecule has 2 saturated carbocycles. The minimum Gasteiger partial charge on any atom is -0.389 e. The number of carbonyl (C=O) groups is 1. The second-order valence-corrected chi connectivity index (χ2v) is 9.34. The van der Waals surface area contributed by atoms with Crippen LogP contribution < -0.4 is 11.1 Å². The van der Waals surface area contributed by atoms with Gasteiger partial charge in [-0.05, 0) is 61.6 Å². The Kier molecular flexibility index (Phi) is 5.51. The van der Waals surface area contributed by atoms with Gasteiger partial charge in [-0.3, -0.25) is 9.78 Å². The highest BCUT2D eigenvalue weighted by molar-refractivity contribution is 5.84. The van der Waals surface area contributed by atoms with Crippen molar-refractivity contribution in [2.24, 2.45) is 5.73 Å². The number of hydrogen-bond donors (Lipinski definition) is 3. The van der Waals surface area contributed by atoms with Crippen LogP contribution in [0.15, 0.2) is 54.7 Å². The predicted molar refractivity (Wildman–Crippen MR) is 122 cm³/mol. The van der Waals surface area contributed by atoms with Crippen LogP contribution in [0.1, 0.15) is 42.9 Å². The minimum atomic E-state index is -1.08. The highest BCUT2D eigenvalue weighted by atomic mass is 19.1. The number of amides is 1. The van der Waals surface area contributed by atoms with E-state index in [0.29, 0.717) is 29.9 Å². The molecule has 2 heterocycles. The van der Waals surface area contributed by atoms with Crippen molar-refractivity contribution >= 4 is 11.7 Å². The van der Waals surface area contributed by atoms with E-state index in [4.69, 9.17) is 5.73 Å². The highest BCUT2D eigenvalue weighted by Gasteiger charge is 2.51. The number of halogens is 2. The first kappa shape index (κ1) is 22.3. The summed E-state index contributed by atoms with van der Waals surface area (Å²) in [5.74, 6) is -1.30. The van der Waals surface area contributed by atoms with Crippen LogP contribution >= 0.6 is 0 Å². The molecule has 2 fully saturated rings. The van der Waals surface area contributed by atoms with Crippen LogP contribution in [0.3, 0.4) is 0 Å². The zero-order valence-electron chi connectivity index (χ0n) is 18.4. The van der Waals surface area contributed by atoms with E-state index in [1.54, 1.807) is 30.3 Å². The smallest absolute Gasteiger partial charge is 0.227 e. The molecule has 1 atom stereocenters. The molecule has 3 aromatic rings. The molecule has 1 aromatic carbocycles. The Morgan fingerprint density at radius 2 is 1.97 bits per heavy atom. The molecule has 9 heteroatoms. The summed E-state index contributed by atoms with van der Waals surface area (Å²) >= 11 is 0. The molecular formula is C25H25F2N5O2. The number of rotatable bonds is 8. The van der Waals surface area contributed by atoms with Gasteiger partial charge < -0.3 is 16.2 Å². The number of anilines is 1. The van der Waals surface area contributed by atoms with E-state index in [2.05, 4.69) is 20.5 Å². The maximum atomic E-state index is 14.3. The van der Waals surface area contributed by atoms with Crippen LogP contribution in [0.4, 0.5) is 14.6 Å². The summed E-state index contributed by atoms with van der Waals surface area (Å²) in [6, 6.07) is 13.5. The van der Waals surface area contributed by atoms with E-state index in [1.807, 2.05) is 6.07 Å². The molecule has 4 N–H and O–H groups in total. The third-order valence-electron chi connectivity index (χ3n) is 6.86. The summed E-state index contributed by atoms with van der Waals surface area (Å²) in [7, 11) is 0. The van der Waals surface area contributed by atoms with Crippen molar-refractivity contribution in [3.8, 4) is 11.3 Å². The van der Waals surface area contributed by atoms with E-state index >= 15 is 0 Å². The molecule has 0 spiro atoms. The first-order chi connectivity index (χ1) is 16.3. The highest BCUT2D eigenvalue weighted by Crippen LogP contribution is 2.48. The molecule has 1 amide bonds. The quantitative estimate of drug-likeness (QED) is 0.471. The van der Waals surface area contributed by atoms with E-state index < -0.39 is 34.8 Å². The molecule has 0 bridgehead atoms. The number of alkyl halides is 1. The second kappa shape index (κ2) is 8.39. The van der Waals surface area contributed by atoms with Crippen LogP contribution in [0.2, 0.25) is 0 Å². The largest absolute Gasteiger partial charge is 0.389 e. The van der Waals surface area contributed by atoms with Crippen molar-refractivity contribution < 1.29 is 18.7 Å². The summed E-state index contributed by atoms with van der Waals surface area (Å²) < 4.78 is 28.1. The van der Waals surface area contributed by atoms with E-state index in [-0.39, 0.29) is 25.1 Å². The van der Waals surface area contributed by atoms with E-state index in [9.17, 15) is 18.7 Å². The van der Waals surface area contributed by atoms with Crippen LogP contribution in [0.25, 0.3) is 11.3 Å². The molecule has 2 aromatic heterocycles. The molecule has 34 heavy (non-hydrogen) atoms. The summed E-state index contributed by atoms with van der Waals surface area (Å²) in [5, 5.41) is 22.1. The maximum absolute atomic E-state index is 14.3. The number of aliphatic hydroxyl groups is 1.